The van der Waals surface area contributed by atoms with Crippen LogP contribution in [-0.4, -0.2) is 22.2 Å². The van der Waals surface area contributed by atoms with E-state index in [9.17, 15) is 4.79 Å². The van der Waals surface area contributed by atoms with Crippen molar-refractivity contribution in [3.8, 4) is 5.69 Å². The van der Waals surface area contributed by atoms with Crippen molar-refractivity contribution in [1.29, 1.82) is 0 Å². The molecule has 0 saturated heterocycles. The lowest BCUT2D eigenvalue weighted by molar-refractivity contribution is -0.114. The van der Waals surface area contributed by atoms with Gasteiger partial charge in [0.2, 0.25) is 5.91 Å². The fourth-order valence-corrected chi connectivity index (χ4v) is 2.99. The molecule has 7 heteroatoms. The molecule has 0 atom stereocenters. The van der Waals surface area contributed by atoms with E-state index in [4.69, 9.17) is 23.2 Å². The van der Waals surface area contributed by atoms with Crippen molar-refractivity contribution >= 4 is 40.5 Å². The van der Waals surface area contributed by atoms with Gasteiger partial charge >= 0.3 is 0 Å². The van der Waals surface area contributed by atoms with Gasteiger partial charge in [-0.2, -0.15) is 5.10 Å². The summed E-state index contributed by atoms with van der Waals surface area (Å²) in [6.45, 7) is 3.85. The van der Waals surface area contributed by atoms with Gasteiger partial charge in [0.25, 0.3) is 0 Å². The number of hydrogen-bond acceptors (Lipinski definition) is 3. The molecule has 26 heavy (non-hydrogen) atoms. The number of halogens is 2. The number of aryl methyl sites for hydroxylation is 1. The Hall–Kier alpha value is -2.50. The SMILES string of the molecule is Cc1nn(-c2ccccc2)c(C)c1NC(=O)CNc1cc(Cl)ccc1Cl. The molecule has 5 nitrogen and oxygen atoms in total. The Morgan fingerprint density at radius 3 is 2.58 bits per heavy atom. The first-order valence-corrected chi connectivity index (χ1v) is 8.81. The molecule has 3 rings (SSSR count). The summed E-state index contributed by atoms with van der Waals surface area (Å²) >= 11 is 12.0. The number of anilines is 2. The number of aromatic nitrogens is 2. The van der Waals surface area contributed by atoms with Crippen molar-refractivity contribution < 1.29 is 4.79 Å². The van der Waals surface area contributed by atoms with Gasteiger partial charge in [0, 0.05) is 5.02 Å². The van der Waals surface area contributed by atoms with E-state index >= 15 is 0 Å². The molecule has 0 unspecified atom stereocenters. The van der Waals surface area contributed by atoms with Crippen LogP contribution in [0.15, 0.2) is 48.5 Å². The first-order chi connectivity index (χ1) is 12.5. The minimum atomic E-state index is -0.195. The maximum absolute atomic E-state index is 12.3. The van der Waals surface area contributed by atoms with E-state index in [0.717, 1.165) is 17.1 Å². The highest BCUT2D eigenvalue weighted by Crippen LogP contribution is 2.26. The van der Waals surface area contributed by atoms with Crippen LogP contribution in [0.5, 0.6) is 0 Å². The molecule has 0 saturated carbocycles. The van der Waals surface area contributed by atoms with Crippen LogP contribution >= 0.6 is 23.2 Å². The van der Waals surface area contributed by atoms with Gasteiger partial charge in [-0.1, -0.05) is 41.4 Å². The van der Waals surface area contributed by atoms with Gasteiger partial charge in [0.1, 0.15) is 0 Å². The molecule has 2 N–H and O–H groups in total. The lowest BCUT2D eigenvalue weighted by Crippen LogP contribution is -2.22. The number of hydrogen-bond donors (Lipinski definition) is 2. The second kappa shape index (κ2) is 7.81. The summed E-state index contributed by atoms with van der Waals surface area (Å²) in [7, 11) is 0. The lowest BCUT2D eigenvalue weighted by Gasteiger charge is -2.10. The lowest BCUT2D eigenvalue weighted by atomic mass is 10.3. The van der Waals surface area contributed by atoms with Crippen molar-refractivity contribution in [3.63, 3.8) is 0 Å². The minimum absolute atomic E-state index is 0.0649. The highest BCUT2D eigenvalue weighted by atomic mass is 35.5. The monoisotopic (exact) mass is 388 g/mol. The number of carbonyl (C=O) groups is 1. The zero-order valence-corrected chi connectivity index (χ0v) is 15.9. The Balaban J connectivity index is 1.72. The van der Waals surface area contributed by atoms with Crippen LogP contribution in [-0.2, 0) is 4.79 Å². The smallest absolute Gasteiger partial charge is 0.243 e. The summed E-state index contributed by atoms with van der Waals surface area (Å²) in [6.07, 6.45) is 0. The third-order valence-corrected chi connectivity index (χ3v) is 4.49. The topological polar surface area (TPSA) is 59.0 Å². The van der Waals surface area contributed by atoms with Crippen molar-refractivity contribution in [1.82, 2.24) is 9.78 Å². The number of nitrogens with one attached hydrogen (secondary N) is 2. The molecule has 0 aliphatic heterocycles. The fourth-order valence-electron chi connectivity index (χ4n) is 2.64. The van der Waals surface area contributed by atoms with Gasteiger partial charge in [-0.15, -0.1) is 0 Å². The largest absolute Gasteiger partial charge is 0.375 e. The number of para-hydroxylation sites is 1. The minimum Gasteiger partial charge on any atom is -0.375 e. The van der Waals surface area contributed by atoms with Crippen LogP contribution in [0.4, 0.5) is 11.4 Å². The highest BCUT2D eigenvalue weighted by molar-refractivity contribution is 6.35. The summed E-state index contributed by atoms with van der Waals surface area (Å²) in [4.78, 5) is 12.3. The first-order valence-electron chi connectivity index (χ1n) is 8.06. The van der Waals surface area contributed by atoms with Gasteiger partial charge in [-0.3, -0.25) is 4.79 Å². The average Bonchev–Trinajstić information content (AvgIpc) is 2.91. The van der Waals surface area contributed by atoms with Crippen molar-refractivity contribution in [2.24, 2.45) is 0 Å². The Morgan fingerprint density at radius 2 is 1.85 bits per heavy atom. The van der Waals surface area contributed by atoms with Crippen LogP contribution in [0, 0.1) is 13.8 Å². The zero-order chi connectivity index (χ0) is 18.7. The number of amides is 1. The van der Waals surface area contributed by atoms with Crippen molar-refractivity contribution in [2.75, 3.05) is 17.2 Å². The predicted molar refractivity (Wildman–Crippen MR) is 107 cm³/mol. The van der Waals surface area contributed by atoms with Crippen molar-refractivity contribution in [3.05, 3.63) is 70.0 Å². The zero-order valence-electron chi connectivity index (χ0n) is 14.4. The van der Waals surface area contributed by atoms with Crippen LogP contribution in [0.25, 0.3) is 5.69 Å². The van der Waals surface area contributed by atoms with Gasteiger partial charge < -0.3 is 10.6 Å². The van der Waals surface area contributed by atoms with E-state index in [1.54, 1.807) is 18.2 Å². The van der Waals surface area contributed by atoms with E-state index in [2.05, 4.69) is 15.7 Å². The van der Waals surface area contributed by atoms with Gasteiger partial charge in [0.05, 0.1) is 40.0 Å². The molecule has 0 radical (unpaired) electrons. The summed E-state index contributed by atoms with van der Waals surface area (Å²) in [5, 5.41) is 11.5. The molecule has 1 aromatic heterocycles. The first kappa shape index (κ1) is 18.3. The van der Waals surface area contributed by atoms with Gasteiger partial charge in [-0.25, -0.2) is 4.68 Å². The average molecular weight is 389 g/mol. The molecular weight excluding hydrogens is 371 g/mol. The molecule has 1 heterocycles. The Bertz CT molecular complexity index is 938. The summed E-state index contributed by atoms with van der Waals surface area (Å²) in [5.41, 5.74) is 3.88. The third-order valence-electron chi connectivity index (χ3n) is 3.92. The third kappa shape index (κ3) is 4.00. The molecule has 0 aliphatic carbocycles. The molecule has 134 valence electrons. The predicted octanol–water partition coefficient (Wildman–Crippen LogP) is 4.85. The number of rotatable bonds is 5. The van der Waals surface area contributed by atoms with Crippen LogP contribution < -0.4 is 10.6 Å². The number of carbonyl (C=O) groups excluding carboxylic acids is 1. The maximum atomic E-state index is 12.3. The molecule has 0 fully saturated rings. The fraction of sp³-hybridized carbons (Fsp3) is 0.158. The van der Waals surface area contributed by atoms with E-state index in [1.807, 2.05) is 48.9 Å². The van der Waals surface area contributed by atoms with E-state index in [0.29, 0.717) is 21.4 Å². The second-order valence-corrected chi connectivity index (χ2v) is 6.66. The number of nitrogens with zero attached hydrogens (tertiary/aromatic N) is 2. The maximum Gasteiger partial charge on any atom is 0.243 e. The molecule has 0 bridgehead atoms. The highest BCUT2D eigenvalue weighted by Gasteiger charge is 2.15. The summed E-state index contributed by atoms with van der Waals surface area (Å²) in [5.74, 6) is -0.195. The van der Waals surface area contributed by atoms with Crippen molar-refractivity contribution in [2.45, 2.75) is 13.8 Å². The molecule has 1 amide bonds. The summed E-state index contributed by atoms with van der Waals surface area (Å²) < 4.78 is 1.81. The van der Waals surface area contributed by atoms with E-state index < -0.39 is 0 Å². The van der Waals surface area contributed by atoms with Crippen LogP contribution in [0.3, 0.4) is 0 Å². The van der Waals surface area contributed by atoms with Crippen LogP contribution in [0.1, 0.15) is 11.4 Å². The molecule has 0 aliphatic rings. The second-order valence-electron chi connectivity index (χ2n) is 5.82. The van der Waals surface area contributed by atoms with Crippen LogP contribution in [0.2, 0.25) is 10.0 Å². The normalized spacial score (nSPS) is 10.6. The standard InChI is InChI=1S/C19H18Cl2N4O/c1-12-19(13(2)25(24-12)15-6-4-3-5-7-15)23-18(26)11-22-17-10-14(20)8-9-16(17)21/h3-10,22H,11H2,1-2H3,(H,23,26). The Morgan fingerprint density at radius 1 is 1.12 bits per heavy atom. The quantitative estimate of drug-likeness (QED) is 0.656. The van der Waals surface area contributed by atoms with E-state index in [1.165, 1.54) is 0 Å². The van der Waals surface area contributed by atoms with E-state index in [-0.39, 0.29) is 12.5 Å². The Labute approximate surface area is 161 Å². The molecule has 2 aromatic carbocycles. The molecular formula is C19H18Cl2N4O. The number of benzene rings is 2. The van der Waals surface area contributed by atoms with Gasteiger partial charge in [0.15, 0.2) is 0 Å². The molecule has 3 aromatic rings. The summed E-state index contributed by atoms with van der Waals surface area (Å²) in [6, 6.07) is 14.8. The van der Waals surface area contributed by atoms with Gasteiger partial charge in [-0.05, 0) is 44.2 Å². The molecule has 0 spiro atoms. The Kier molecular flexibility index (Phi) is 5.49.